The number of unbranched alkanes of at least 4 members (excludes halogenated alkanes) is 1. The molecule has 0 aliphatic carbocycles. The van der Waals surface area contributed by atoms with E-state index in [-0.39, 0.29) is 6.04 Å². The van der Waals surface area contributed by atoms with E-state index in [0.717, 1.165) is 25.8 Å². The highest BCUT2D eigenvalue weighted by Crippen LogP contribution is 2.23. The van der Waals surface area contributed by atoms with Crippen LogP contribution in [-0.2, 0) is 0 Å². The van der Waals surface area contributed by atoms with Crippen LogP contribution >= 0.6 is 0 Å². The molecule has 84 valence electrons. The third-order valence-electron chi connectivity index (χ3n) is 2.88. The molecule has 1 atom stereocenters. The van der Waals surface area contributed by atoms with Gasteiger partial charge in [0, 0.05) is 6.04 Å². The van der Waals surface area contributed by atoms with Crippen LogP contribution in [0.15, 0.2) is 18.2 Å². The molecule has 1 aromatic carbocycles. The van der Waals surface area contributed by atoms with Gasteiger partial charge in [0.1, 0.15) is 0 Å². The van der Waals surface area contributed by atoms with Crippen molar-refractivity contribution < 1.29 is 0 Å². The third-order valence-corrected chi connectivity index (χ3v) is 2.88. The van der Waals surface area contributed by atoms with Crippen LogP contribution in [0.2, 0.25) is 0 Å². The Bertz CT molecular complexity index is 287. The molecule has 0 spiro atoms. The van der Waals surface area contributed by atoms with Crippen LogP contribution in [-0.4, -0.2) is 6.54 Å². The summed E-state index contributed by atoms with van der Waals surface area (Å²) >= 11 is 0. The Morgan fingerprint density at radius 2 is 1.73 bits per heavy atom. The maximum Gasteiger partial charge on any atom is 0.0300 e. The molecule has 0 aromatic heterocycles. The van der Waals surface area contributed by atoms with E-state index in [0.29, 0.717) is 0 Å². The van der Waals surface area contributed by atoms with E-state index in [1.165, 1.54) is 16.7 Å². The SMILES string of the molecule is Cc1cccc(C)c1[C@@H](N)CCCCN. The standard InChI is InChI=1S/C13H22N2/c1-10-6-5-7-11(2)13(10)12(15)8-3-4-9-14/h5-7,12H,3-4,8-9,14-15H2,1-2H3/t12-/m0/s1. The second-order valence-electron chi connectivity index (χ2n) is 4.20. The monoisotopic (exact) mass is 206 g/mol. The summed E-state index contributed by atoms with van der Waals surface area (Å²) in [5.41, 5.74) is 15.6. The molecule has 1 aromatic rings. The Balaban J connectivity index is 2.68. The molecule has 15 heavy (non-hydrogen) atoms. The van der Waals surface area contributed by atoms with E-state index in [9.17, 15) is 0 Å². The molecule has 0 heterocycles. The number of benzene rings is 1. The van der Waals surface area contributed by atoms with Gasteiger partial charge in [0.05, 0.1) is 0 Å². The molecule has 0 amide bonds. The smallest absolute Gasteiger partial charge is 0.0300 e. The average Bonchev–Trinajstić information content (AvgIpc) is 2.18. The zero-order valence-electron chi connectivity index (χ0n) is 9.79. The molecule has 2 nitrogen and oxygen atoms in total. The summed E-state index contributed by atoms with van der Waals surface area (Å²) < 4.78 is 0. The molecule has 0 aliphatic heterocycles. The molecule has 0 aliphatic rings. The minimum Gasteiger partial charge on any atom is -0.330 e. The van der Waals surface area contributed by atoms with Crippen LogP contribution in [0.5, 0.6) is 0 Å². The van der Waals surface area contributed by atoms with E-state index in [4.69, 9.17) is 11.5 Å². The van der Waals surface area contributed by atoms with Gasteiger partial charge in [0.2, 0.25) is 0 Å². The van der Waals surface area contributed by atoms with E-state index < -0.39 is 0 Å². The van der Waals surface area contributed by atoms with Crippen molar-refractivity contribution in [2.24, 2.45) is 11.5 Å². The Labute approximate surface area is 92.7 Å². The number of nitrogens with two attached hydrogens (primary N) is 2. The average molecular weight is 206 g/mol. The Hall–Kier alpha value is -0.860. The van der Waals surface area contributed by atoms with Crippen molar-refractivity contribution in [2.45, 2.75) is 39.2 Å². The second-order valence-corrected chi connectivity index (χ2v) is 4.20. The highest BCUT2D eigenvalue weighted by molar-refractivity contribution is 5.35. The first-order valence-corrected chi connectivity index (χ1v) is 5.68. The fourth-order valence-corrected chi connectivity index (χ4v) is 2.07. The first kappa shape index (κ1) is 12.2. The molecule has 1 rings (SSSR count). The van der Waals surface area contributed by atoms with Crippen molar-refractivity contribution in [2.75, 3.05) is 6.54 Å². The Kier molecular flexibility index (Phi) is 4.79. The van der Waals surface area contributed by atoms with Gasteiger partial charge in [-0.15, -0.1) is 0 Å². The molecule has 0 saturated carbocycles. The highest BCUT2D eigenvalue weighted by Gasteiger charge is 2.10. The number of hydrogen-bond acceptors (Lipinski definition) is 2. The van der Waals surface area contributed by atoms with Gasteiger partial charge in [-0.25, -0.2) is 0 Å². The zero-order chi connectivity index (χ0) is 11.3. The summed E-state index contributed by atoms with van der Waals surface area (Å²) in [6, 6.07) is 6.51. The summed E-state index contributed by atoms with van der Waals surface area (Å²) in [7, 11) is 0. The minimum atomic E-state index is 0.165. The lowest BCUT2D eigenvalue weighted by atomic mass is 9.93. The second kappa shape index (κ2) is 5.89. The Morgan fingerprint density at radius 3 is 2.27 bits per heavy atom. The molecule has 4 N–H and O–H groups in total. The molecular formula is C13H22N2. The highest BCUT2D eigenvalue weighted by atomic mass is 14.6. The number of rotatable bonds is 5. The fraction of sp³-hybridized carbons (Fsp3) is 0.538. The van der Waals surface area contributed by atoms with Crippen LogP contribution in [0.1, 0.15) is 42.0 Å². The fourth-order valence-electron chi connectivity index (χ4n) is 2.07. The van der Waals surface area contributed by atoms with Crippen molar-refractivity contribution in [1.29, 1.82) is 0 Å². The quantitative estimate of drug-likeness (QED) is 0.727. The predicted molar refractivity (Wildman–Crippen MR) is 65.7 cm³/mol. The van der Waals surface area contributed by atoms with Crippen molar-refractivity contribution in [1.82, 2.24) is 0 Å². The lowest BCUT2D eigenvalue weighted by Crippen LogP contribution is -2.14. The maximum absolute atomic E-state index is 6.20. The van der Waals surface area contributed by atoms with Gasteiger partial charge in [-0.1, -0.05) is 24.6 Å². The lowest BCUT2D eigenvalue weighted by molar-refractivity contribution is 0.586. The van der Waals surface area contributed by atoms with Crippen molar-refractivity contribution in [3.63, 3.8) is 0 Å². The predicted octanol–water partition coefficient (Wildman–Crippen LogP) is 2.43. The van der Waals surface area contributed by atoms with Crippen LogP contribution in [0.4, 0.5) is 0 Å². The Morgan fingerprint density at radius 1 is 1.13 bits per heavy atom. The minimum absolute atomic E-state index is 0.165. The molecule has 0 radical (unpaired) electrons. The van der Waals surface area contributed by atoms with Crippen LogP contribution in [0.25, 0.3) is 0 Å². The largest absolute Gasteiger partial charge is 0.330 e. The van der Waals surface area contributed by atoms with E-state index in [1.54, 1.807) is 0 Å². The summed E-state index contributed by atoms with van der Waals surface area (Å²) in [6.07, 6.45) is 3.22. The van der Waals surface area contributed by atoms with Crippen LogP contribution in [0, 0.1) is 13.8 Å². The van der Waals surface area contributed by atoms with Crippen molar-refractivity contribution in [3.8, 4) is 0 Å². The lowest BCUT2D eigenvalue weighted by Gasteiger charge is -2.17. The molecule has 0 unspecified atom stereocenters. The summed E-state index contributed by atoms with van der Waals surface area (Å²) in [4.78, 5) is 0. The first-order chi connectivity index (χ1) is 7.16. The topological polar surface area (TPSA) is 52.0 Å². The normalized spacial score (nSPS) is 12.8. The first-order valence-electron chi connectivity index (χ1n) is 5.68. The zero-order valence-corrected chi connectivity index (χ0v) is 9.79. The van der Waals surface area contributed by atoms with Gasteiger partial charge in [0.25, 0.3) is 0 Å². The van der Waals surface area contributed by atoms with Crippen LogP contribution in [0.3, 0.4) is 0 Å². The van der Waals surface area contributed by atoms with E-state index in [1.807, 2.05) is 0 Å². The van der Waals surface area contributed by atoms with Gasteiger partial charge in [0.15, 0.2) is 0 Å². The van der Waals surface area contributed by atoms with Gasteiger partial charge in [-0.05, 0) is 49.9 Å². The third kappa shape index (κ3) is 3.33. The van der Waals surface area contributed by atoms with Gasteiger partial charge >= 0.3 is 0 Å². The molecular weight excluding hydrogens is 184 g/mol. The number of aryl methyl sites for hydroxylation is 2. The number of hydrogen-bond donors (Lipinski definition) is 2. The molecule has 2 heteroatoms. The van der Waals surface area contributed by atoms with Crippen molar-refractivity contribution >= 4 is 0 Å². The van der Waals surface area contributed by atoms with E-state index in [2.05, 4.69) is 32.0 Å². The van der Waals surface area contributed by atoms with Crippen LogP contribution < -0.4 is 11.5 Å². The molecule has 0 fully saturated rings. The molecule has 0 bridgehead atoms. The van der Waals surface area contributed by atoms with Gasteiger partial charge < -0.3 is 11.5 Å². The summed E-state index contributed by atoms with van der Waals surface area (Å²) in [5, 5.41) is 0. The summed E-state index contributed by atoms with van der Waals surface area (Å²) in [5.74, 6) is 0. The summed E-state index contributed by atoms with van der Waals surface area (Å²) in [6.45, 7) is 5.02. The molecule has 0 saturated heterocycles. The van der Waals surface area contributed by atoms with E-state index >= 15 is 0 Å². The maximum atomic E-state index is 6.20. The van der Waals surface area contributed by atoms with Crippen molar-refractivity contribution in [3.05, 3.63) is 34.9 Å². The van der Waals surface area contributed by atoms with Gasteiger partial charge in [-0.3, -0.25) is 0 Å². The van der Waals surface area contributed by atoms with Gasteiger partial charge in [-0.2, -0.15) is 0 Å².